The number of carbonyl (C=O) groups is 1. The van der Waals surface area contributed by atoms with E-state index in [1.807, 2.05) is 7.05 Å². The highest BCUT2D eigenvalue weighted by atomic mass is 32.1. The standard InChI is InChI=1S/C9H15N3O2S/c1-11(2)7(9(13)14)4-6-8(15)12(3)5-10-6/h5,7,15H,4H2,1-3H3,(H,13,14)/t7-/m0/s1. The third kappa shape index (κ3) is 2.73. The van der Waals surface area contributed by atoms with E-state index < -0.39 is 12.0 Å². The molecule has 0 radical (unpaired) electrons. The first-order valence-electron chi connectivity index (χ1n) is 4.52. The number of likely N-dealkylation sites (N-methyl/N-ethyl adjacent to an activating group) is 1. The number of carboxylic acids is 1. The van der Waals surface area contributed by atoms with Crippen molar-refractivity contribution < 1.29 is 9.90 Å². The van der Waals surface area contributed by atoms with Crippen LogP contribution in [-0.2, 0) is 18.3 Å². The molecular formula is C9H15N3O2S. The fourth-order valence-electron chi connectivity index (χ4n) is 1.29. The van der Waals surface area contributed by atoms with Gasteiger partial charge in [0, 0.05) is 13.5 Å². The summed E-state index contributed by atoms with van der Waals surface area (Å²) in [6.45, 7) is 0. The van der Waals surface area contributed by atoms with Gasteiger partial charge in [0.2, 0.25) is 0 Å². The number of aryl methyl sites for hydroxylation is 1. The Balaban J connectivity index is 2.83. The molecule has 1 heterocycles. The number of imidazole rings is 1. The Hall–Kier alpha value is -1.01. The number of nitrogens with zero attached hydrogens (tertiary/aromatic N) is 3. The van der Waals surface area contributed by atoms with Crippen LogP contribution >= 0.6 is 12.6 Å². The molecule has 0 saturated carbocycles. The predicted octanol–water partition coefficient (Wildman–Crippen LogP) is 0.266. The molecule has 15 heavy (non-hydrogen) atoms. The topological polar surface area (TPSA) is 58.4 Å². The smallest absolute Gasteiger partial charge is 0.321 e. The third-order valence-electron chi connectivity index (χ3n) is 2.27. The molecule has 0 aliphatic heterocycles. The molecule has 1 aromatic heterocycles. The average molecular weight is 229 g/mol. The van der Waals surface area contributed by atoms with Gasteiger partial charge in [-0.15, -0.1) is 12.6 Å². The summed E-state index contributed by atoms with van der Waals surface area (Å²) in [5.41, 5.74) is 0.710. The lowest BCUT2D eigenvalue weighted by molar-refractivity contribution is -0.142. The Labute approximate surface area is 94.1 Å². The number of aromatic nitrogens is 2. The van der Waals surface area contributed by atoms with Crippen molar-refractivity contribution in [2.45, 2.75) is 17.5 Å². The van der Waals surface area contributed by atoms with Crippen molar-refractivity contribution in [1.29, 1.82) is 0 Å². The summed E-state index contributed by atoms with van der Waals surface area (Å²) in [5.74, 6) is -0.849. The van der Waals surface area contributed by atoms with Crippen molar-refractivity contribution in [3.05, 3.63) is 12.0 Å². The van der Waals surface area contributed by atoms with E-state index in [1.54, 1.807) is 29.9 Å². The molecule has 1 atom stereocenters. The molecule has 5 nitrogen and oxygen atoms in total. The highest BCUT2D eigenvalue weighted by Gasteiger charge is 2.22. The van der Waals surface area contributed by atoms with Gasteiger partial charge in [0.15, 0.2) is 0 Å². The van der Waals surface area contributed by atoms with Crippen molar-refractivity contribution in [1.82, 2.24) is 14.5 Å². The van der Waals surface area contributed by atoms with E-state index in [9.17, 15) is 4.79 Å². The van der Waals surface area contributed by atoms with Gasteiger partial charge in [-0.2, -0.15) is 0 Å². The van der Waals surface area contributed by atoms with Crippen LogP contribution < -0.4 is 0 Å². The zero-order chi connectivity index (χ0) is 11.6. The molecule has 0 aliphatic rings. The van der Waals surface area contributed by atoms with Gasteiger partial charge in [0.05, 0.1) is 17.0 Å². The van der Waals surface area contributed by atoms with E-state index in [-0.39, 0.29) is 0 Å². The second-order valence-corrected chi connectivity index (χ2v) is 4.07. The first-order chi connectivity index (χ1) is 6.93. The largest absolute Gasteiger partial charge is 0.480 e. The molecule has 1 rings (SSSR count). The van der Waals surface area contributed by atoms with Crippen molar-refractivity contribution in [3.8, 4) is 0 Å². The van der Waals surface area contributed by atoms with Crippen molar-refractivity contribution in [2.75, 3.05) is 14.1 Å². The van der Waals surface area contributed by atoms with E-state index in [4.69, 9.17) is 5.11 Å². The predicted molar refractivity (Wildman–Crippen MR) is 59.3 cm³/mol. The van der Waals surface area contributed by atoms with Gasteiger partial charge in [-0.05, 0) is 14.1 Å². The quantitative estimate of drug-likeness (QED) is 0.727. The summed E-state index contributed by atoms with van der Waals surface area (Å²) < 4.78 is 1.76. The summed E-state index contributed by atoms with van der Waals surface area (Å²) in [5, 5.41) is 9.71. The van der Waals surface area contributed by atoms with Crippen molar-refractivity contribution >= 4 is 18.6 Å². The van der Waals surface area contributed by atoms with Gasteiger partial charge in [0.1, 0.15) is 6.04 Å². The summed E-state index contributed by atoms with van der Waals surface area (Å²) >= 11 is 4.26. The number of hydrogen-bond donors (Lipinski definition) is 2. The number of carboxylic acid groups (broad SMARTS) is 1. The second-order valence-electron chi connectivity index (χ2n) is 3.65. The first kappa shape index (κ1) is 12.1. The van der Waals surface area contributed by atoms with Crippen LogP contribution in [0.25, 0.3) is 0 Å². The van der Waals surface area contributed by atoms with Crippen LogP contribution in [0.5, 0.6) is 0 Å². The molecule has 0 fully saturated rings. The molecule has 6 heteroatoms. The molecule has 0 saturated heterocycles. The van der Waals surface area contributed by atoms with Gasteiger partial charge in [0.25, 0.3) is 0 Å². The maximum absolute atomic E-state index is 11.0. The number of thiol groups is 1. The van der Waals surface area contributed by atoms with Crippen molar-refractivity contribution in [2.24, 2.45) is 7.05 Å². The monoisotopic (exact) mass is 229 g/mol. The maximum atomic E-state index is 11.0. The number of hydrogen-bond acceptors (Lipinski definition) is 4. The maximum Gasteiger partial charge on any atom is 0.321 e. The molecule has 1 aromatic rings. The molecule has 0 aliphatic carbocycles. The van der Waals surface area contributed by atoms with Crippen LogP contribution in [0.1, 0.15) is 5.69 Å². The molecule has 1 N–H and O–H groups in total. The average Bonchev–Trinajstić information content (AvgIpc) is 2.43. The molecule has 0 unspecified atom stereocenters. The fourth-order valence-corrected chi connectivity index (χ4v) is 1.49. The Bertz CT molecular complexity index is 362. The normalized spacial score (nSPS) is 13.1. The van der Waals surface area contributed by atoms with E-state index in [0.29, 0.717) is 17.1 Å². The summed E-state index contributed by atoms with van der Waals surface area (Å²) in [4.78, 5) is 16.7. The molecule has 0 spiro atoms. The lowest BCUT2D eigenvalue weighted by Gasteiger charge is -2.19. The summed E-state index contributed by atoms with van der Waals surface area (Å²) in [6, 6.07) is -0.564. The van der Waals surface area contributed by atoms with Gasteiger partial charge in [-0.3, -0.25) is 9.69 Å². The van der Waals surface area contributed by atoms with Crippen LogP contribution in [-0.4, -0.2) is 45.7 Å². The molecule has 0 amide bonds. The fraction of sp³-hybridized carbons (Fsp3) is 0.556. The highest BCUT2D eigenvalue weighted by molar-refractivity contribution is 7.80. The SMILES string of the molecule is CN(C)[C@@H](Cc1ncn(C)c1S)C(=O)O. The van der Waals surface area contributed by atoms with E-state index in [2.05, 4.69) is 17.6 Å². The zero-order valence-electron chi connectivity index (χ0n) is 9.01. The highest BCUT2D eigenvalue weighted by Crippen LogP contribution is 2.14. The van der Waals surface area contributed by atoms with E-state index in [0.717, 1.165) is 0 Å². The van der Waals surface area contributed by atoms with Crippen LogP contribution in [0.2, 0.25) is 0 Å². The minimum Gasteiger partial charge on any atom is -0.480 e. The lowest BCUT2D eigenvalue weighted by atomic mass is 10.1. The molecule has 0 aromatic carbocycles. The van der Waals surface area contributed by atoms with E-state index >= 15 is 0 Å². The zero-order valence-corrected chi connectivity index (χ0v) is 9.90. The lowest BCUT2D eigenvalue weighted by Crippen LogP contribution is -2.37. The van der Waals surface area contributed by atoms with Gasteiger partial charge < -0.3 is 9.67 Å². The Kier molecular flexibility index (Phi) is 3.76. The van der Waals surface area contributed by atoms with Crippen LogP contribution in [0, 0.1) is 0 Å². The van der Waals surface area contributed by atoms with Gasteiger partial charge >= 0.3 is 5.97 Å². The Morgan fingerprint density at radius 1 is 1.73 bits per heavy atom. The Morgan fingerprint density at radius 3 is 2.67 bits per heavy atom. The van der Waals surface area contributed by atoms with Gasteiger partial charge in [-0.25, -0.2) is 4.98 Å². The molecule has 84 valence electrons. The summed E-state index contributed by atoms with van der Waals surface area (Å²) in [7, 11) is 5.30. The third-order valence-corrected chi connectivity index (χ3v) is 2.85. The van der Waals surface area contributed by atoms with Crippen LogP contribution in [0.3, 0.4) is 0 Å². The molecule has 0 bridgehead atoms. The number of rotatable bonds is 4. The van der Waals surface area contributed by atoms with Gasteiger partial charge in [-0.1, -0.05) is 0 Å². The minimum absolute atomic E-state index is 0.363. The van der Waals surface area contributed by atoms with Crippen LogP contribution in [0.15, 0.2) is 11.4 Å². The summed E-state index contributed by atoms with van der Waals surface area (Å²) in [6.07, 6.45) is 1.99. The van der Waals surface area contributed by atoms with E-state index in [1.165, 1.54) is 0 Å². The number of aliphatic carboxylic acids is 1. The minimum atomic E-state index is -0.849. The second kappa shape index (κ2) is 4.67. The van der Waals surface area contributed by atoms with Crippen molar-refractivity contribution in [3.63, 3.8) is 0 Å². The Morgan fingerprint density at radius 2 is 2.33 bits per heavy atom. The first-order valence-corrected chi connectivity index (χ1v) is 4.96. The van der Waals surface area contributed by atoms with Crippen LogP contribution in [0.4, 0.5) is 0 Å². The molecular weight excluding hydrogens is 214 g/mol.